The van der Waals surface area contributed by atoms with Crippen molar-refractivity contribution in [3.8, 4) is 5.75 Å². The molecule has 2 N–H and O–H groups in total. The molecule has 0 saturated heterocycles. The Morgan fingerprint density at radius 3 is 2.48 bits per heavy atom. The Balaban J connectivity index is 1.50. The molecule has 2 atom stereocenters. The number of benzene rings is 2. The molecular weight excluding hydrogens is 340 g/mol. The standard InChI is InChI=1S/C22H24N2O3/c1-17(24(2)15-21-9-6-14-26-21)22(25)23-19-10-12-20(13-11-19)27-16-18-7-4-3-5-8-18/h3-14,17H,15-16H2,1-2H3,(H,23,25)/p+1/t17-/m0/s1. The summed E-state index contributed by atoms with van der Waals surface area (Å²) < 4.78 is 11.1. The number of nitrogens with one attached hydrogen (secondary N) is 2. The van der Waals surface area contributed by atoms with Gasteiger partial charge in [-0.15, -0.1) is 0 Å². The van der Waals surface area contributed by atoms with Crippen LogP contribution in [0, 0.1) is 0 Å². The maximum Gasteiger partial charge on any atom is 0.282 e. The summed E-state index contributed by atoms with van der Waals surface area (Å²) in [6.07, 6.45) is 1.65. The van der Waals surface area contributed by atoms with E-state index in [1.807, 2.05) is 80.7 Å². The highest BCUT2D eigenvalue weighted by molar-refractivity contribution is 5.93. The van der Waals surface area contributed by atoms with Crippen LogP contribution in [0.15, 0.2) is 77.4 Å². The van der Waals surface area contributed by atoms with Crippen molar-refractivity contribution in [2.75, 3.05) is 12.4 Å². The molecule has 0 aliphatic carbocycles. The molecule has 27 heavy (non-hydrogen) atoms. The second kappa shape index (κ2) is 9.05. The summed E-state index contributed by atoms with van der Waals surface area (Å²) >= 11 is 0. The Labute approximate surface area is 159 Å². The van der Waals surface area contributed by atoms with Gasteiger partial charge in [-0.2, -0.15) is 0 Å². The first kappa shape index (κ1) is 18.7. The minimum absolute atomic E-state index is 0.0305. The van der Waals surface area contributed by atoms with Crippen molar-refractivity contribution >= 4 is 11.6 Å². The summed E-state index contributed by atoms with van der Waals surface area (Å²) in [5.74, 6) is 1.61. The number of furan rings is 1. The van der Waals surface area contributed by atoms with E-state index in [1.54, 1.807) is 6.26 Å². The molecule has 0 spiro atoms. The number of likely N-dealkylation sites (N-methyl/N-ethyl adjacent to an activating group) is 1. The van der Waals surface area contributed by atoms with Gasteiger partial charge in [0.15, 0.2) is 11.8 Å². The van der Waals surface area contributed by atoms with Crippen molar-refractivity contribution in [3.05, 3.63) is 84.3 Å². The number of quaternary nitrogens is 1. The molecule has 5 nitrogen and oxygen atoms in total. The summed E-state index contributed by atoms with van der Waals surface area (Å²) in [7, 11) is 1.98. The Morgan fingerprint density at radius 1 is 1.07 bits per heavy atom. The highest BCUT2D eigenvalue weighted by atomic mass is 16.5. The van der Waals surface area contributed by atoms with Crippen LogP contribution in [0.2, 0.25) is 0 Å². The second-order valence-corrected chi connectivity index (χ2v) is 6.61. The highest BCUT2D eigenvalue weighted by Gasteiger charge is 2.22. The fraction of sp³-hybridized carbons (Fsp3) is 0.227. The predicted molar refractivity (Wildman–Crippen MR) is 105 cm³/mol. The van der Waals surface area contributed by atoms with Crippen LogP contribution < -0.4 is 15.0 Å². The second-order valence-electron chi connectivity index (χ2n) is 6.61. The first-order valence-electron chi connectivity index (χ1n) is 9.04. The van der Waals surface area contributed by atoms with Gasteiger partial charge in [-0.1, -0.05) is 30.3 Å². The summed E-state index contributed by atoms with van der Waals surface area (Å²) in [4.78, 5) is 13.5. The first-order chi connectivity index (χ1) is 13.1. The Hall–Kier alpha value is -3.05. The number of rotatable bonds is 8. The van der Waals surface area contributed by atoms with E-state index in [4.69, 9.17) is 9.15 Å². The average molecular weight is 365 g/mol. The highest BCUT2D eigenvalue weighted by Crippen LogP contribution is 2.17. The van der Waals surface area contributed by atoms with E-state index in [9.17, 15) is 4.79 Å². The molecule has 5 heteroatoms. The quantitative estimate of drug-likeness (QED) is 0.645. The van der Waals surface area contributed by atoms with Gasteiger partial charge >= 0.3 is 0 Å². The number of carbonyl (C=O) groups excluding carboxylic acids is 1. The molecule has 1 heterocycles. The zero-order chi connectivity index (χ0) is 19.1. The monoisotopic (exact) mass is 365 g/mol. The van der Waals surface area contributed by atoms with Crippen molar-refractivity contribution in [1.82, 2.24) is 0 Å². The van der Waals surface area contributed by atoms with Crippen LogP contribution in [0.1, 0.15) is 18.2 Å². The zero-order valence-electron chi connectivity index (χ0n) is 15.6. The number of ether oxygens (including phenoxy) is 1. The molecular formula is C22H25N2O3+. The summed E-state index contributed by atoms with van der Waals surface area (Å²) in [5.41, 5.74) is 1.87. The fourth-order valence-electron chi connectivity index (χ4n) is 2.69. The van der Waals surface area contributed by atoms with E-state index in [1.165, 1.54) is 0 Å². The van der Waals surface area contributed by atoms with Crippen LogP contribution in [-0.4, -0.2) is 19.0 Å². The van der Waals surface area contributed by atoms with Crippen molar-refractivity contribution < 1.29 is 18.8 Å². The topological polar surface area (TPSA) is 55.9 Å². The molecule has 1 amide bonds. The van der Waals surface area contributed by atoms with E-state index in [2.05, 4.69) is 5.32 Å². The zero-order valence-corrected chi connectivity index (χ0v) is 15.6. The maximum absolute atomic E-state index is 12.5. The van der Waals surface area contributed by atoms with Crippen LogP contribution >= 0.6 is 0 Å². The van der Waals surface area contributed by atoms with Crippen LogP contribution in [0.3, 0.4) is 0 Å². The van der Waals surface area contributed by atoms with Gasteiger partial charge in [0, 0.05) is 5.69 Å². The Bertz CT molecular complexity index is 830. The predicted octanol–water partition coefficient (Wildman–Crippen LogP) is 2.90. The summed E-state index contributed by atoms with van der Waals surface area (Å²) in [6, 6.07) is 21.0. The van der Waals surface area contributed by atoms with Gasteiger partial charge in [-0.3, -0.25) is 4.79 Å². The summed E-state index contributed by atoms with van der Waals surface area (Å²) in [6.45, 7) is 3.09. The van der Waals surface area contributed by atoms with Gasteiger partial charge < -0.3 is 19.4 Å². The lowest BCUT2D eigenvalue weighted by Crippen LogP contribution is -3.12. The van der Waals surface area contributed by atoms with E-state index in [0.29, 0.717) is 13.2 Å². The van der Waals surface area contributed by atoms with Gasteiger partial charge in [0.1, 0.15) is 18.9 Å². The van der Waals surface area contributed by atoms with Crippen molar-refractivity contribution in [1.29, 1.82) is 0 Å². The molecule has 1 unspecified atom stereocenters. The van der Waals surface area contributed by atoms with Crippen LogP contribution in [0.4, 0.5) is 5.69 Å². The van der Waals surface area contributed by atoms with Crippen LogP contribution in [0.25, 0.3) is 0 Å². The van der Waals surface area contributed by atoms with Gasteiger partial charge in [-0.25, -0.2) is 0 Å². The lowest BCUT2D eigenvalue weighted by Gasteiger charge is -2.20. The molecule has 0 radical (unpaired) electrons. The summed E-state index contributed by atoms with van der Waals surface area (Å²) in [5, 5.41) is 2.96. The Kier molecular flexibility index (Phi) is 6.28. The molecule has 3 aromatic rings. The van der Waals surface area contributed by atoms with E-state index >= 15 is 0 Å². The third kappa shape index (κ3) is 5.46. The third-order valence-corrected chi connectivity index (χ3v) is 4.54. The Morgan fingerprint density at radius 2 is 1.81 bits per heavy atom. The van der Waals surface area contributed by atoms with Gasteiger partial charge in [-0.05, 0) is 48.9 Å². The molecule has 0 aliphatic heterocycles. The number of hydrogen-bond acceptors (Lipinski definition) is 3. The largest absolute Gasteiger partial charge is 0.489 e. The molecule has 140 valence electrons. The minimum Gasteiger partial charge on any atom is -0.489 e. The molecule has 2 aromatic carbocycles. The van der Waals surface area contributed by atoms with Crippen LogP contribution in [0.5, 0.6) is 5.75 Å². The van der Waals surface area contributed by atoms with Gasteiger partial charge in [0.2, 0.25) is 0 Å². The number of amides is 1. The lowest BCUT2D eigenvalue weighted by molar-refractivity contribution is -0.908. The van der Waals surface area contributed by atoms with E-state index in [-0.39, 0.29) is 11.9 Å². The molecule has 0 bridgehead atoms. The number of hydrogen-bond donors (Lipinski definition) is 2. The molecule has 0 fully saturated rings. The van der Waals surface area contributed by atoms with E-state index in [0.717, 1.165) is 27.7 Å². The molecule has 0 saturated carbocycles. The molecule has 3 rings (SSSR count). The smallest absolute Gasteiger partial charge is 0.282 e. The van der Waals surface area contributed by atoms with Crippen molar-refractivity contribution in [3.63, 3.8) is 0 Å². The number of anilines is 1. The maximum atomic E-state index is 12.5. The van der Waals surface area contributed by atoms with Crippen molar-refractivity contribution in [2.45, 2.75) is 26.1 Å². The molecule has 0 aliphatic rings. The normalized spacial score (nSPS) is 13.0. The fourth-order valence-corrected chi connectivity index (χ4v) is 2.69. The molecule has 1 aromatic heterocycles. The van der Waals surface area contributed by atoms with E-state index < -0.39 is 0 Å². The lowest BCUT2D eigenvalue weighted by atomic mass is 10.2. The average Bonchev–Trinajstić information content (AvgIpc) is 3.20. The van der Waals surface area contributed by atoms with Crippen molar-refractivity contribution in [2.24, 2.45) is 0 Å². The van der Waals surface area contributed by atoms with Gasteiger partial charge in [0.25, 0.3) is 5.91 Å². The minimum atomic E-state index is -0.205. The van der Waals surface area contributed by atoms with Gasteiger partial charge in [0.05, 0.1) is 13.3 Å². The first-order valence-corrected chi connectivity index (χ1v) is 9.04. The SMILES string of the molecule is C[C@@H](C(=O)Nc1ccc(OCc2ccccc2)cc1)[NH+](C)Cc1ccco1. The van der Waals surface area contributed by atoms with Crippen LogP contribution in [-0.2, 0) is 17.9 Å². The number of carbonyl (C=O) groups is 1. The third-order valence-electron chi connectivity index (χ3n) is 4.54.